The number of rotatable bonds is 5. The second kappa shape index (κ2) is 5.98. The van der Waals surface area contributed by atoms with Gasteiger partial charge in [-0.25, -0.2) is 9.37 Å². The van der Waals surface area contributed by atoms with Crippen LogP contribution in [0.25, 0.3) is 10.6 Å². The first-order valence-corrected chi connectivity index (χ1v) is 7.13. The minimum Gasteiger partial charge on any atom is -0.468 e. The summed E-state index contributed by atoms with van der Waals surface area (Å²) in [6, 6.07) is 10.2. The summed E-state index contributed by atoms with van der Waals surface area (Å²) in [5.74, 6) is 0.671. The lowest BCUT2D eigenvalue weighted by molar-refractivity contribution is 0.482. The molecule has 3 aromatic rings. The average Bonchev–Trinajstić information content (AvgIpc) is 3.11. The van der Waals surface area contributed by atoms with Gasteiger partial charge in [-0.2, -0.15) is 0 Å². The Labute approximate surface area is 120 Å². The van der Waals surface area contributed by atoms with Crippen LogP contribution in [0.1, 0.15) is 11.5 Å². The molecule has 3 rings (SSSR count). The molecular formula is C15H13FN2OS. The summed E-state index contributed by atoms with van der Waals surface area (Å²) in [6.45, 7) is 1.36. The van der Waals surface area contributed by atoms with Crippen molar-refractivity contribution in [2.75, 3.05) is 0 Å². The standard InChI is InChI=1S/C15H13FN2OS/c16-12-5-3-11(4-6-12)15-18-13(10-20-15)8-17-9-14-2-1-7-19-14/h1-7,10,17H,8-9H2. The highest BCUT2D eigenvalue weighted by molar-refractivity contribution is 7.13. The van der Waals surface area contributed by atoms with E-state index in [1.165, 1.54) is 12.1 Å². The number of aromatic nitrogens is 1. The summed E-state index contributed by atoms with van der Waals surface area (Å²) in [7, 11) is 0. The first-order chi connectivity index (χ1) is 9.81. The predicted molar refractivity (Wildman–Crippen MR) is 76.8 cm³/mol. The van der Waals surface area contributed by atoms with Gasteiger partial charge in [0.15, 0.2) is 0 Å². The first-order valence-electron chi connectivity index (χ1n) is 6.25. The third kappa shape index (κ3) is 3.12. The first kappa shape index (κ1) is 13.0. The zero-order valence-corrected chi connectivity index (χ0v) is 11.5. The predicted octanol–water partition coefficient (Wildman–Crippen LogP) is 3.83. The van der Waals surface area contributed by atoms with Gasteiger partial charge in [0, 0.05) is 17.5 Å². The van der Waals surface area contributed by atoms with Crippen molar-refractivity contribution in [3.8, 4) is 10.6 Å². The van der Waals surface area contributed by atoms with Gasteiger partial charge in [-0.1, -0.05) is 0 Å². The van der Waals surface area contributed by atoms with E-state index in [9.17, 15) is 4.39 Å². The third-order valence-corrected chi connectivity index (χ3v) is 3.77. The Morgan fingerprint density at radius 3 is 2.75 bits per heavy atom. The van der Waals surface area contributed by atoms with Gasteiger partial charge >= 0.3 is 0 Å². The SMILES string of the molecule is Fc1ccc(-c2nc(CNCc3ccco3)cs2)cc1. The maximum Gasteiger partial charge on any atom is 0.123 e. The summed E-state index contributed by atoms with van der Waals surface area (Å²) in [4.78, 5) is 4.53. The lowest BCUT2D eigenvalue weighted by Crippen LogP contribution is -2.12. The lowest BCUT2D eigenvalue weighted by Gasteiger charge is -1.99. The quantitative estimate of drug-likeness (QED) is 0.775. The summed E-state index contributed by atoms with van der Waals surface area (Å²) < 4.78 is 18.1. The Hall–Kier alpha value is -1.98. The van der Waals surface area contributed by atoms with Crippen molar-refractivity contribution in [3.63, 3.8) is 0 Å². The number of halogens is 1. The average molecular weight is 288 g/mol. The number of hydrogen-bond donors (Lipinski definition) is 1. The summed E-state index contributed by atoms with van der Waals surface area (Å²) >= 11 is 1.56. The van der Waals surface area contributed by atoms with Crippen molar-refractivity contribution in [2.45, 2.75) is 13.1 Å². The Balaban J connectivity index is 1.60. The largest absolute Gasteiger partial charge is 0.468 e. The Morgan fingerprint density at radius 1 is 1.15 bits per heavy atom. The molecule has 0 fully saturated rings. The normalized spacial score (nSPS) is 10.8. The molecule has 2 heterocycles. The number of thiazole rings is 1. The van der Waals surface area contributed by atoms with Gasteiger partial charge in [-0.15, -0.1) is 11.3 Å². The van der Waals surface area contributed by atoms with Crippen molar-refractivity contribution in [2.24, 2.45) is 0 Å². The van der Waals surface area contributed by atoms with Gasteiger partial charge in [0.05, 0.1) is 18.5 Å². The van der Waals surface area contributed by atoms with E-state index in [4.69, 9.17) is 4.42 Å². The molecule has 0 unspecified atom stereocenters. The summed E-state index contributed by atoms with van der Waals surface area (Å²) in [5.41, 5.74) is 1.91. The van der Waals surface area contributed by atoms with E-state index in [1.54, 1.807) is 29.7 Å². The van der Waals surface area contributed by atoms with E-state index >= 15 is 0 Å². The van der Waals surface area contributed by atoms with Crippen LogP contribution in [-0.4, -0.2) is 4.98 Å². The fourth-order valence-electron chi connectivity index (χ4n) is 1.84. The molecule has 5 heteroatoms. The van der Waals surface area contributed by atoms with Gasteiger partial charge in [-0.3, -0.25) is 0 Å². The fraction of sp³-hybridized carbons (Fsp3) is 0.133. The molecule has 0 aliphatic carbocycles. The van der Waals surface area contributed by atoms with Crippen LogP contribution in [0, 0.1) is 5.82 Å². The summed E-state index contributed by atoms with van der Waals surface area (Å²) in [5, 5.41) is 6.18. The third-order valence-electron chi connectivity index (χ3n) is 2.83. The molecule has 0 aliphatic heterocycles. The molecule has 0 radical (unpaired) electrons. The van der Waals surface area contributed by atoms with Crippen molar-refractivity contribution < 1.29 is 8.81 Å². The molecule has 0 atom stereocenters. The maximum absolute atomic E-state index is 12.9. The minimum atomic E-state index is -0.231. The molecule has 1 N–H and O–H groups in total. The van der Waals surface area contributed by atoms with E-state index in [-0.39, 0.29) is 5.82 Å². The number of nitrogens with zero attached hydrogens (tertiary/aromatic N) is 1. The van der Waals surface area contributed by atoms with Crippen LogP contribution >= 0.6 is 11.3 Å². The zero-order chi connectivity index (χ0) is 13.8. The van der Waals surface area contributed by atoms with Gasteiger partial charge in [0.1, 0.15) is 16.6 Å². The van der Waals surface area contributed by atoms with Crippen LogP contribution < -0.4 is 5.32 Å². The van der Waals surface area contributed by atoms with Gasteiger partial charge in [0.25, 0.3) is 0 Å². The van der Waals surface area contributed by atoms with E-state index in [2.05, 4.69) is 10.3 Å². The molecule has 20 heavy (non-hydrogen) atoms. The topological polar surface area (TPSA) is 38.1 Å². The molecule has 0 saturated heterocycles. The number of furan rings is 1. The Morgan fingerprint density at radius 2 is 2.00 bits per heavy atom. The minimum absolute atomic E-state index is 0.231. The lowest BCUT2D eigenvalue weighted by atomic mass is 10.2. The van der Waals surface area contributed by atoms with Crippen LogP contribution in [-0.2, 0) is 13.1 Å². The molecule has 0 aliphatic rings. The van der Waals surface area contributed by atoms with Gasteiger partial charge in [-0.05, 0) is 36.4 Å². The highest BCUT2D eigenvalue weighted by Gasteiger charge is 2.05. The molecule has 102 valence electrons. The van der Waals surface area contributed by atoms with E-state index in [0.717, 1.165) is 22.0 Å². The highest BCUT2D eigenvalue weighted by atomic mass is 32.1. The number of nitrogens with one attached hydrogen (secondary N) is 1. The van der Waals surface area contributed by atoms with E-state index < -0.39 is 0 Å². The second-order valence-electron chi connectivity index (χ2n) is 4.33. The van der Waals surface area contributed by atoms with Crippen LogP contribution in [0.5, 0.6) is 0 Å². The van der Waals surface area contributed by atoms with Gasteiger partial charge < -0.3 is 9.73 Å². The zero-order valence-electron chi connectivity index (χ0n) is 10.7. The van der Waals surface area contributed by atoms with Gasteiger partial charge in [0.2, 0.25) is 0 Å². The summed E-state index contributed by atoms with van der Waals surface area (Å²) in [6.07, 6.45) is 1.66. The molecule has 0 spiro atoms. The van der Waals surface area contributed by atoms with Crippen molar-refractivity contribution in [3.05, 3.63) is 65.3 Å². The van der Waals surface area contributed by atoms with Crippen LogP contribution in [0.15, 0.2) is 52.5 Å². The Bertz CT molecular complexity index is 662. The molecule has 2 aromatic heterocycles. The van der Waals surface area contributed by atoms with Crippen molar-refractivity contribution in [1.82, 2.24) is 10.3 Å². The fourth-order valence-corrected chi connectivity index (χ4v) is 2.67. The smallest absolute Gasteiger partial charge is 0.123 e. The monoisotopic (exact) mass is 288 g/mol. The van der Waals surface area contributed by atoms with Crippen molar-refractivity contribution >= 4 is 11.3 Å². The van der Waals surface area contributed by atoms with E-state index in [1.807, 2.05) is 17.5 Å². The number of hydrogen-bond acceptors (Lipinski definition) is 4. The molecule has 1 aromatic carbocycles. The highest BCUT2D eigenvalue weighted by Crippen LogP contribution is 2.23. The molecule has 3 nitrogen and oxygen atoms in total. The van der Waals surface area contributed by atoms with E-state index in [0.29, 0.717) is 13.1 Å². The van der Waals surface area contributed by atoms with Crippen LogP contribution in [0.2, 0.25) is 0 Å². The molecule has 0 amide bonds. The Kier molecular flexibility index (Phi) is 3.90. The molecular weight excluding hydrogens is 275 g/mol. The van der Waals surface area contributed by atoms with Crippen LogP contribution in [0.3, 0.4) is 0 Å². The second-order valence-corrected chi connectivity index (χ2v) is 5.19. The maximum atomic E-state index is 12.9. The van der Waals surface area contributed by atoms with Crippen molar-refractivity contribution in [1.29, 1.82) is 0 Å². The number of benzene rings is 1. The molecule has 0 bridgehead atoms. The molecule has 0 saturated carbocycles. The van der Waals surface area contributed by atoms with Crippen LogP contribution in [0.4, 0.5) is 4.39 Å².